The minimum Gasteiger partial charge on any atom is -0.331 e. The van der Waals surface area contributed by atoms with Gasteiger partial charge in [0.1, 0.15) is 17.7 Å². The van der Waals surface area contributed by atoms with Gasteiger partial charge in [0.05, 0.1) is 5.69 Å². The van der Waals surface area contributed by atoms with E-state index in [0.717, 1.165) is 21.5 Å². The first-order valence-electron chi connectivity index (χ1n) is 7.13. The first kappa shape index (κ1) is 14.7. The Morgan fingerprint density at radius 3 is 2.45 bits per heavy atom. The summed E-state index contributed by atoms with van der Waals surface area (Å²) in [6, 6.07) is 8.28. The zero-order valence-corrected chi connectivity index (χ0v) is 14.0. The molecule has 0 aliphatic heterocycles. The van der Waals surface area contributed by atoms with Crippen LogP contribution in [-0.4, -0.2) is 19.7 Å². The summed E-state index contributed by atoms with van der Waals surface area (Å²) >= 11 is 1.58. The second-order valence-corrected chi connectivity index (χ2v) is 7.23. The molecule has 6 heteroatoms. The number of hydrogen-bond donors (Lipinski definition) is 1. The van der Waals surface area contributed by atoms with Gasteiger partial charge in [-0.05, 0) is 19.1 Å². The highest BCUT2D eigenvalue weighted by molar-refractivity contribution is 7.18. The first-order chi connectivity index (χ1) is 10.4. The Kier molecular flexibility index (Phi) is 3.70. The molecule has 0 fully saturated rings. The summed E-state index contributed by atoms with van der Waals surface area (Å²) in [5.41, 5.74) is 3.22. The Hall–Kier alpha value is -2.21. The minimum atomic E-state index is -0.0645. The van der Waals surface area contributed by atoms with Gasteiger partial charge in [-0.25, -0.2) is 14.6 Å². The van der Waals surface area contributed by atoms with E-state index in [2.05, 4.69) is 67.4 Å². The molecular formula is C16H19N5S. The molecule has 114 valence electrons. The van der Waals surface area contributed by atoms with Gasteiger partial charge in [-0.15, -0.1) is 0 Å². The summed E-state index contributed by atoms with van der Waals surface area (Å²) in [5.74, 6) is 0. The van der Waals surface area contributed by atoms with Crippen molar-refractivity contribution < 1.29 is 0 Å². The van der Waals surface area contributed by atoms with Crippen LogP contribution in [-0.2, 0) is 5.41 Å². The van der Waals surface area contributed by atoms with Gasteiger partial charge in [0.15, 0.2) is 5.13 Å². The maximum atomic E-state index is 4.77. The summed E-state index contributed by atoms with van der Waals surface area (Å²) in [6.07, 6.45) is 3.25. The van der Waals surface area contributed by atoms with Crippen LogP contribution < -0.4 is 5.32 Å². The first-order valence-corrected chi connectivity index (χ1v) is 7.95. The molecule has 0 saturated heterocycles. The summed E-state index contributed by atoms with van der Waals surface area (Å²) in [4.78, 5) is 8.81. The maximum Gasteiger partial charge on any atom is 0.189 e. The second kappa shape index (κ2) is 5.53. The lowest BCUT2D eigenvalue weighted by Gasteiger charge is -2.16. The van der Waals surface area contributed by atoms with Gasteiger partial charge >= 0.3 is 0 Å². The average Bonchev–Trinajstić information content (AvgIpc) is 3.09. The number of thiazole rings is 1. The lowest BCUT2D eigenvalue weighted by atomic mass is 9.92. The van der Waals surface area contributed by atoms with Crippen LogP contribution in [0.15, 0.2) is 36.9 Å². The van der Waals surface area contributed by atoms with E-state index in [1.165, 1.54) is 5.56 Å². The van der Waals surface area contributed by atoms with Crippen molar-refractivity contribution in [2.24, 2.45) is 0 Å². The van der Waals surface area contributed by atoms with E-state index >= 15 is 0 Å². The van der Waals surface area contributed by atoms with Crippen LogP contribution in [0, 0.1) is 6.92 Å². The molecule has 3 aromatic rings. The molecular weight excluding hydrogens is 294 g/mol. The van der Waals surface area contributed by atoms with Crippen molar-refractivity contribution in [2.45, 2.75) is 33.1 Å². The van der Waals surface area contributed by atoms with Crippen molar-refractivity contribution in [1.29, 1.82) is 0 Å². The normalized spacial score (nSPS) is 11.6. The molecule has 1 N–H and O–H groups in total. The quantitative estimate of drug-likeness (QED) is 0.792. The predicted octanol–water partition coefficient (Wildman–Crippen LogP) is 4.07. The van der Waals surface area contributed by atoms with E-state index in [0.29, 0.717) is 0 Å². The fourth-order valence-electron chi connectivity index (χ4n) is 2.08. The number of aryl methyl sites for hydroxylation is 1. The van der Waals surface area contributed by atoms with Crippen LogP contribution in [0.25, 0.3) is 5.00 Å². The van der Waals surface area contributed by atoms with Crippen LogP contribution in [0.2, 0.25) is 0 Å². The smallest absolute Gasteiger partial charge is 0.189 e. The molecule has 0 atom stereocenters. The van der Waals surface area contributed by atoms with Crippen LogP contribution >= 0.6 is 11.3 Å². The van der Waals surface area contributed by atoms with E-state index in [4.69, 9.17) is 4.98 Å². The van der Waals surface area contributed by atoms with Gasteiger partial charge < -0.3 is 5.32 Å². The molecule has 0 saturated carbocycles. The molecule has 0 spiro atoms. The molecule has 0 aliphatic rings. The van der Waals surface area contributed by atoms with Crippen molar-refractivity contribution >= 4 is 22.2 Å². The van der Waals surface area contributed by atoms with Crippen molar-refractivity contribution in [1.82, 2.24) is 19.7 Å². The Bertz CT molecular complexity index is 751. The van der Waals surface area contributed by atoms with Crippen LogP contribution in [0.1, 0.15) is 32.0 Å². The Morgan fingerprint density at radius 1 is 1.14 bits per heavy atom. The Balaban J connectivity index is 1.98. The molecule has 5 nitrogen and oxygen atoms in total. The fraction of sp³-hybridized carbons (Fsp3) is 0.312. The number of rotatable bonds is 3. The van der Waals surface area contributed by atoms with Gasteiger partial charge in [0, 0.05) is 11.1 Å². The fourth-order valence-corrected chi connectivity index (χ4v) is 3.21. The second-order valence-electron chi connectivity index (χ2n) is 6.25. The maximum absolute atomic E-state index is 4.77. The highest BCUT2D eigenvalue weighted by Crippen LogP contribution is 2.35. The highest BCUT2D eigenvalue weighted by atomic mass is 32.1. The number of aromatic nitrogens is 4. The number of hydrogen-bond acceptors (Lipinski definition) is 5. The monoisotopic (exact) mass is 313 g/mol. The molecule has 0 unspecified atom stereocenters. The molecule has 22 heavy (non-hydrogen) atoms. The van der Waals surface area contributed by atoms with Crippen molar-refractivity contribution in [2.75, 3.05) is 5.32 Å². The highest BCUT2D eigenvalue weighted by Gasteiger charge is 2.25. The van der Waals surface area contributed by atoms with Crippen molar-refractivity contribution in [3.8, 4) is 5.00 Å². The summed E-state index contributed by atoms with van der Waals surface area (Å²) in [6.45, 7) is 8.53. The SMILES string of the molecule is Cc1ccc(Nc2nc(C(C)(C)C)c(-n3cncn3)s2)cc1. The lowest BCUT2D eigenvalue weighted by molar-refractivity contribution is 0.567. The topological polar surface area (TPSA) is 55.6 Å². The van der Waals surface area contributed by atoms with E-state index in [-0.39, 0.29) is 5.41 Å². The summed E-state index contributed by atoms with van der Waals surface area (Å²) in [5, 5.41) is 9.47. The van der Waals surface area contributed by atoms with E-state index in [1.807, 2.05) is 0 Å². The van der Waals surface area contributed by atoms with Crippen molar-refractivity contribution in [3.05, 3.63) is 48.2 Å². The molecule has 0 bridgehead atoms. The van der Waals surface area contributed by atoms with Crippen LogP contribution in [0.4, 0.5) is 10.8 Å². The molecule has 0 aliphatic carbocycles. The predicted molar refractivity (Wildman–Crippen MR) is 90.2 cm³/mol. The number of nitrogens with zero attached hydrogens (tertiary/aromatic N) is 4. The summed E-state index contributed by atoms with van der Waals surface area (Å²) in [7, 11) is 0. The average molecular weight is 313 g/mol. The number of benzene rings is 1. The zero-order chi connectivity index (χ0) is 15.7. The number of anilines is 2. The zero-order valence-electron chi connectivity index (χ0n) is 13.2. The van der Waals surface area contributed by atoms with E-state index in [1.54, 1.807) is 28.7 Å². The Labute approximate surface area is 134 Å². The third-order valence-electron chi connectivity index (χ3n) is 3.25. The lowest BCUT2D eigenvalue weighted by Crippen LogP contribution is -2.15. The Morgan fingerprint density at radius 2 is 1.86 bits per heavy atom. The van der Waals surface area contributed by atoms with Crippen LogP contribution in [0.3, 0.4) is 0 Å². The van der Waals surface area contributed by atoms with Gasteiger partial charge in [0.25, 0.3) is 0 Å². The van der Waals surface area contributed by atoms with E-state index < -0.39 is 0 Å². The third kappa shape index (κ3) is 3.01. The summed E-state index contributed by atoms with van der Waals surface area (Å²) < 4.78 is 1.78. The number of nitrogens with one attached hydrogen (secondary N) is 1. The van der Waals surface area contributed by atoms with Gasteiger partial charge in [0.2, 0.25) is 0 Å². The molecule has 0 amide bonds. The van der Waals surface area contributed by atoms with Gasteiger partial charge in [-0.2, -0.15) is 5.10 Å². The van der Waals surface area contributed by atoms with Gasteiger partial charge in [-0.1, -0.05) is 49.8 Å². The molecule has 0 radical (unpaired) electrons. The van der Waals surface area contributed by atoms with E-state index in [9.17, 15) is 0 Å². The third-order valence-corrected chi connectivity index (χ3v) is 4.21. The van der Waals surface area contributed by atoms with Crippen LogP contribution in [0.5, 0.6) is 0 Å². The largest absolute Gasteiger partial charge is 0.331 e. The molecule has 2 heterocycles. The van der Waals surface area contributed by atoms with Crippen molar-refractivity contribution in [3.63, 3.8) is 0 Å². The molecule has 3 rings (SSSR count). The minimum absolute atomic E-state index is 0.0645. The molecule has 1 aromatic carbocycles. The standard InChI is InChI=1S/C16H19N5S/c1-11-5-7-12(8-6-11)19-15-20-13(16(2,3)4)14(22-15)21-10-17-9-18-21/h5-10H,1-4H3,(H,19,20). The van der Waals surface area contributed by atoms with Gasteiger partial charge in [-0.3, -0.25) is 0 Å². The molecule has 2 aromatic heterocycles.